The van der Waals surface area contributed by atoms with E-state index in [9.17, 15) is 5.11 Å². The van der Waals surface area contributed by atoms with Crippen molar-refractivity contribution >= 4 is 0 Å². The largest absolute Gasteiger partial charge is 0.493 e. The molecule has 3 rings (SSSR count). The van der Waals surface area contributed by atoms with Crippen LogP contribution < -0.4 is 9.47 Å². The lowest BCUT2D eigenvalue weighted by molar-refractivity contribution is 0.00681. The van der Waals surface area contributed by atoms with Crippen molar-refractivity contribution in [3.63, 3.8) is 0 Å². The van der Waals surface area contributed by atoms with Gasteiger partial charge in [0.25, 0.3) is 0 Å². The summed E-state index contributed by atoms with van der Waals surface area (Å²) in [5.74, 6) is 2.36. The van der Waals surface area contributed by atoms with Gasteiger partial charge in [-0.3, -0.25) is 4.90 Å². The zero-order chi connectivity index (χ0) is 25.2. The third kappa shape index (κ3) is 7.56. The molecule has 0 radical (unpaired) electrons. The number of hydrogen-bond acceptors (Lipinski definition) is 6. The molecule has 190 valence electrons. The van der Waals surface area contributed by atoms with Crippen molar-refractivity contribution in [2.24, 2.45) is 5.92 Å². The van der Waals surface area contributed by atoms with E-state index < -0.39 is 6.10 Å². The molecule has 35 heavy (non-hydrogen) atoms. The fourth-order valence-electron chi connectivity index (χ4n) is 3.94. The molecule has 0 saturated carbocycles. The van der Waals surface area contributed by atoms with Crippen LogP contribution in [-0.2, 0) is 11.3 Å². The Bertz CT molecular complexity index is 1040. The predicted octanol–water partition coefficient (Wildman–Crippen LogP) is 5.23. The minimum Gasteiger partial charge on any atom is -0.493 e. The van der Waals surface area contributed by atoms with Crippen molar-refractivity contribution in [2.45, 2.75) is 46.8 Å². The van der Waals surface area contributed by atoms with Crippen molar-refractivity contribution in [1.29, 1.82) is 0 Å². The summed E-state index contributed by atoms with van der Waals surface area (Å²) in [5, 5.41) is 15.5. The summed E-state index contributed by atoms with van der Waals surface area (Å²) in [4.78, 5) is 2.23. The minimum absolute atomic E-state index is 0.325. The highest BCUT2D eigenvalue weighted by atomic mass is 16.5. The van der Waals surface area contributed by atoms with Crippen LogP contribution in [0.4, 0.5) is 0 Å². The van der Waals surface area contributed by atoms with Gasteiger partial charge in [-0.2, -0.15) is 5.10 Å². The molecule has 7 heteroatoms. The Balaban J connectivity index is 1.91. The number of para-hydroxylation sites is 3. The van der Waals surface area contributed by atoms with Crippen molar-refractivity contribution in [1.82, 2.24) is 14.7 Å². The van der Waals surface area contributed by atoms with Gasteiger partial charge in [0.1, 0.15) is 0 Å². The van der Waals surface area contributed by atoms with Gasteiger partial charge < -0.3 is 19.3 Å². The normalized spacial score (nSPS) is 12.3. The first-order valence-corrected chi connectivity index (χ1v) is 12.4. The summed E-state index contributed by atoms with van der Waals surface area (Å²) in [6, 6.07) is 17.6. The summed E-state index contributed by atoms with van der Waals surface area (Å²) in [6.45, 7) is 11.3. The Morgan fingerprint density at radius 2 is 1.69 bits per heavy atom. The lowest BCUT2D eigenvalue weighted by Crippen LogP contribution is -2.35. The number of benzene rings is 2. The van der Waals surface area contributed by atoms with Gasteiger partial charge in [0, 0.05) is 19.7 Å². The Hall–Kier alpha value is -2.87. The third-order valence-corrected chi connectivity index (χ3v) is 5.57. The van der Waals surface area contributed by atoms with Crippen LogP contribution >= 0.6 is 0 Å². The van der Waals surface area contributed by atoms with E-state index in [1.165, 1.54) is 0 Å². The zero-order valence-corrected chi connectivity index (χ0v) is 21.6. The van der Waals surface area contributed by atoms with E-state index in [1.807, 2.05) is 66.2 Å². The number of rotatable bonds is 14. The van der Waals surface area contributed by atoms with Gasteiger partial charge in [-0.05, 0) is 50.1 Å². The van der Waals surface area contributed by atoms with E-state index in [2.05, 4.69) is 25.7 Å². The van der Waals surface area contributed by atoms with Crippen LogP contribution in [0.25, 0.3) is 5.69 Å². The number of methoxy groups -OCH3 is 1. The molecule has 2 aromatic carbocycles. The van der Waals surface area contributed by atoms with Crippen LogP contribution in [0.5, 0.6) is 17.4 Å². The van der Waals surface area contributed by atoms with Crippen molar-refractivity contribution in [3.8, 4) is 23.1 Å². The number of ether oxygens (including phenoxy) is 3. The second-order valence-electron chi connectivity index (χ2n) is 9.19. The average molecular weight is 482 g/mol. The summed E-state index contributed by atoms with van der Waals surface area (Å²) in [6.07, 6.45) is 0.400. The van der Waals surface area contributed by atoms with Gasteiger partial charge in [-0.1, -0.05) is 51.1 Å². The summed E-state index contributed by atoms with van der Waals surface area (Å²) < 4.78 is 19.5. The Labute approximate surface area is 209 Å². The molecule has 0 saturated heterocycles. The molecule has 1 heterocycles. The highest BCUT2D eigenvalue weighted by Gasteiger charge is 2.23. The first-order chi connectivity index (χ1) is 16.9. The lowest BCUT2D eigenvalue weighted by atomic mass is 10.2. The molecular formula is C28H39N3O4. The molecule has 1 atom stereocenters. The maximum Gasteiger partial charge on any atom is 0.227 e. The average Bonchev–Trinajstić information content (AvgIpc) is 3.14. The Morgan fingerprint density at radius 1 is 1.00 bits per heavy atom. The second kappa shape index (κ2) is 13.3. The van der Waals surface area contributed by atoms with E-state index in [4.69, 9.17) is 19.3 Å². The summed E-state index contributed by atoms with van der Waals surface area (Å²) >= 11 is 0. The van der Waals surface area contributed by atoms with Crippen molar-refractivity contribution in [3.05, 3.63) is 65.9 Å². The summed E-state index contributed by atoms with van der Waals surface area (Å²) in [5.41, 5.74) is 2.77. The highest BCUT2D eigenvalue weighted by Crippen LogP contribution is 2.36. The molecule has 3 aromatic rings. The van der Waals surface area contributed by atoms with Crippen LogP contribution in [0.3, 0.4) is 0 Å². The number of aliphatic hydroxyl groups is 1. The van der Waals surface area contributed by atoms with E-state index >= 15 is 0 Å². The molecule has 0 unspecified atom stereocenters. The topological polar surface area (TPSA) is 69.0 Å². The standard InChI is InChI=1S/C28H39N3O4/c1-6-16-30(17-24(32)20-34-19-21(2)3)18-25-22(4)29-31(23-12-8-7-9-13-23)28(25)35-27-15-11-10-14-26(27)33-5/h7-15,21,24,32H,6,16-20H2,1-5H3/t24-/m0/s1. The van der Waals surface area contributed by atoms with Crippen LogP contribution in [0.15, 0.2) is 54.6 Å². The van der Waals surface area contributed by atoms with Gasteiger partial charge in [0.15, 0.2) is 11.5 Å². The monoisotopic (exact) mass is 481 g/mol. The van der Waals surface area contributed by atoms with Crippen LogP contribution in [0, 0.1) is 12.8 Å². The molecule has 0 bridgehead atoms. The Morgan fingerprint density at radius 3 is 2.34 bits per heavy atom. The van der Waals surface area contributed by atoms with Gasteiger partial charge in [-0.25, -0.2) is 4.68 Å². The molecule has 0 spiro atoms. The van der Waals surface area contributed by atoms with Crippen LogP contribution in [0.2, 0.25) is 0 Å². The van der Waals surface area contributed by atoms with Gasteiger partial charge in [0.2, 0.25) is 5.88 Å². The highest BCUT2D eigenvalue weighted by molar-refractivity contribution is 5.47. The second-order valence-corrected chi connectivity index (χ2v) is 9.19. The fraction of sp³-hybridized carbons (Fsp3) is 0.464. The molecule has 0 amide bonds. The minimum atomic E-state index is -0.566. The maximum absolute atomic E-state index is 10.6. The van der Waals surface area contributed by atoms with Gasteiger partial charge >= 0.3 is 0 Å². The predicted molar refractivity (Wildman–Crippen MR) is 139 cm³/mol. The number of hydrogen-bond donors (Lipinski definition) is 1. The van der Waals surface area contributed by atoms with E-state index in [0.717, 1.165) is 29.9 Å². The smallest absolute Gasteiger partial charge is 0.227 e. The van der Waals surface area contributed by atoms with Gasteiger partial charge in [0.05, 0.1) is 36.8 Å². The summed E-state index contributed by atoms with van der Waals surface area (Å²) in [7, 11) is 1.63. The zero-order valence-electron chi connectivity index (χ0n) is 21.6. The Kier molecular flexibility index (Phi) is 10.1. The number of nitrogens with zero attached hydrogens (tertiary/aromatic N) is 3. The molecule has 0 aliphatic carbocycles. The van der Waals surface area contributed by atoms with Crippen molar-refractivity contribution < 1.29 is 19.3 Å². The van der Waals surface area contributed by atoms with E-state index in [-0.39, 0.29) is 0 Å². The van der Waals surface area contributed by atoms with Gasteiger partial charge in [-0.15, -0.1) is 0 Å². The SMILES string of the molecule is CCCN(Cc1c(C)nn(-c2ccccc2)c1Oc1ccccc1OC)C[C@H](O)COCC(C)C. The maximum atomic E-state index is 10.6. The molecule has 0 aliphatic heterocycles. The number of aliphatic hydroxyl groups excluding tert-OH is 1. The number of aryl methyl sites for hydroxylation is 1. The van der Waals surface area contributed by atoms with Crippen LogP contribution in [0.1, 0.15) is 38.4 Å². The van der Waals surface area contributed by atoms with Crippen molar-refractivity contribution in [2.75, 3.05) is 33.4 Å². The van der Waals surface area contributed by atoms with E-state index in [1.54, 1.807) is 7.11 Å². The third-order valence-electron chi connectivity index (χ3n) is 5.57. The quantitative estimate of drug-likeness (QED) is 0.340. The molecule has 0 aliphatic rings. The van der Waals surface area contributed by atoms with Crippen LogP contribution in [-0.4, -0.2) is 59.3 Å². The molecule has 7 nitrogen and oxygen atoms in total. The molecule has 0 fully saturated rings. The molecule has 1 N–H and O–H groups in total. The molecule has 1 aromatic heterocycles. The van der Waals surface area contributed by atoms with E-state index in [0.29, 0.717) is 49.6 Å². The first kappa shape index (κ1) is 26.7. The molecular weight excluding hydrogens is 442 g/mol. The first-order valence-electron chi connectivity index (χ1n) is 12.4. The lowest BCUT2D eigenvalue weighted by Gasteiger charge is -2.25. The fourth-order valence-corrected chi connectivity index (χ4v) is 3.94. The number of aromatic nitrogens is 2.